The molecule has 8 heteroatoms. The number of carboxylic acid groups (broad SMARTS) is 1. The maximum absolute atomic E-state index is 13.2. The first-order chi connectivity index (χ1) is 14.3. The average Bonchev–Trinajstić information content (AvgIpc) is 2.71. The van der Waals surface area contributed by atoms with E-state index in [2.05, 4.69) is 0 Å². The fourth-order valence-electron chi connectivity index (χ4n) is 3.84. The molecule has 0 unspecified atom stereocenters. The van der Waals surface area contributed by atoms with Crippen molar-refractivity contribution < 1.29 is 34.0 Å². The van der Waals surface area contributed by atoms with Crippen LogP contribution in [0.25, 0.3) is 0 Å². The standard InChI is InChI=1S/C22H25NO7/c1-5-29-17-10-13-14(11-18(17)30-6-2)21(25)23(3)20(19(13)22(26)27)12-7-8-16(28-4)15(24)9-12/h7-11,19-20,24H,5-6H2,1-4H3,(H,26,27)/t19-,20-/m0/s1. The summed E-state index contributed by atoms with van der Waals surface area (Å²) in [5.74, 6) is -1.59. The molecule has 1 amide bonds. The lowest BCUT2D eigenvalue weighted by Crippen LogP contribution is -2.42. The van der Waals surface area contributed by atoms with Gasteiger partial charge in [-0.2, -0.15) is 0 Å². The fourth-order valence-corrected chi connectivity index (χ4v) is 3.84. The molecule has 0 spiro atoms. The number of fused-ring (bicyclic) bond motifs is 1. The highest BCUT2D eigenvalue weighted by Crippen LogP contribution is 2.46. The van der Waals surface area contributed by atoms with E-state index in [9.17, 15) is 19.8 Å². The second-order valence-electron chi connectivity index (χ2n) is 6.86. The van der Waals surface area contributed by atoms with Crippen LogP contribution in [-0.4, -0.2) is 54.4 Å². The summed E-state index contributed by atoms with van der Waals surface area (Å²) in [6, 6.07) is 6.90. The Balaban J connectivity index is 2.20. The van der Waals surface area contributed by atoms with Gasteiger partial charge in [0, 0.05) is 12.6 Å². The van der Waals surface area contributed by atoms with Gasteiger partial charge in [0.15, 0.2) is 23.0 Å². The van der Waals surface area contributed by atoms with Crippen LogP contribution in [0.3, 0.4) is 0 Å². The van der Waals surface area contributed by atoms with Crippen LogP contribution in [-0.2, 0) is 4.79 Å². The molecule has 30 heavy (non-hydrogen) atoms. The van der Waals surface area contributed by atoms with Gasteiger partial charge in [0.05, 0.1) is 26.4 Å². The molecule has 0 bridgehead atoms. The number of benzene rings is 2. The highest BCUT2D eigenvalue weighted by atomic mass is 16.5. The molecule has 3 rings (SSSR count). The highest BCUT2D eigenvalue weighted by molar-refractivity contribution is 6.01. The maximum atomic E-state index is 13.2. The summed E-state index contributed by atoms with van der Waals surface area (Å²) >= 11 is 0. The van der Waals surface area contributed by atoms with Crippen molar-refractivity contribution in [2.24, 2.45) is 0 Å². The normalized spacial score (nSPS) is 18.0. The van der Waals surface area contributed by atoms with Crippen LogP contribution < -0.4 is 14.2 Å². The van der Waals surface area contributed by atoms with Crippen molar-refractivity contribution in [2.45, 2.75) is 25.8 Å². The molecule has 0 aromatic heterocycles. The van der Waals surface area contributed by atoms with E-state index >= 15 is 0 Å². The minimum atomic E-state index is -1.09. The second kappa shape index (κ2) is 8.52. The summed E-state index contributed by atoms with van der Waals surface area (Å²) in [4.78, 5) is 26.9. The maximum Gasteiger partial charge on any atom is 0.313 e. The third-order valence-corrected chi connectivity index (χ3v) is 5.14. The Hall–Kier alpha value is -3.42. The number of carbonyl (C=O) groups is 2. The van der Waals surface area contributed by atoms with Gasteiger partial charge in [-0.15, -0.1) is 0 Å². The van der Waals surface area contributed by atoms with Crippen molar-refractivity contribution >= 4 is 11.9 Å². The van der Waals surface area contributed by atoms with E-state index in [1.807, 2.05) is 13.8 Å². The Labute approximate surface area is 174 Å². The van der Waals surface area contributed by atoms with Crippen LogP contribution in [0.1, 0.15) is 47.3 Å². The Morgan fingerprint density at radius 1 is 1.07 bits per heavy atom. The van der Waals surface area contributed by atoms with E-state index < -0.39 is 17.9 Å². The zero-order valence-corrected chi connectivity index (χ0v) is 17.3. The number of phenolic OH excluding ortho intramolecular Hbond substituents is 1. The quantitative estimate of drug-likeness (QED) is 0.715. The molecule has 0 fully saturated rings. The molecule has 0 aliphatic carbocycles. The summed E-state index contributed by atoms with van der Waals surface area (Å²) in [6.07, 6.45) is 0. The number of aliphatic carboxylic acids is 1. The fraction of sp³-hybridized carbons (Fsp3) is 0.364. The molecule has 0 saturated carbocycles. The number of phenols is 1. The van der Waals surface area contributed by atoms with Crippen LogP contribution in [0.2, 0.25) is 0 Å². The number of nitrogens with zero attached hydrogens (tertiary/aromatic N) is 1. The number of hydrogen-bond donors (Lipinski definition) is 2. The molecule has 0 saturated heterocycles. The summed E-state index contributed by atoms with van der Waals surface area (Å²) in [7, 11) is 2.97. The van der Waals surface area contributed by atoms with Crippen molar-refractivity contribution in [3.8, 4) is 23.0 Å². The number of methoxy groups -OCH3 is 1. The average molecular weight is 415 g/mol. The van der Waals surface area contributed by atoms with Gasteiger partial charge in [0.1, 0.15) is 5.92 Å². The number of aromatic hydroxyl groups is 1. The summed E-state index contributed by atoms with van der Waals surface area (Å²) < 4.78 is 16.3. The van der Waals surface area contributed by atoms with Crippen LogP contribution in [0.4, 0.5) is 0 Å². The van der Waals surface area contributed by atoms with E-state index in [0.29, 0.717) is 35.8 Å². The highest BCUT2D eigenvalue weighted by Gasteiger charge is 2.44. The smallest absolute Gasteiger partial charge is 0.313 e. The third kappa shape index (κ3) is 3.60. The van der Waals surface area contributed by atoms with E-state index in [1.54, 1.807) is 31.3 Å². The molecule has 1 heterocycles. The van der Waals surface area contributed by atoms with Crippen molar-refractivity contribution in [1.29, 1.82) is 0 Å². The number of carboxylic acids is 1. The molecule has 160 valence electrons. The molecule has 0 radical (unpaired) electrons. The molecule has 2 N–H and O–H groups in total. The minimum absolute atomic E-state index is 0.132. The predicted molar refractivity (Wildman–Crippen MR) is 109 cm³/mol. The van der Waals surface area contributed by atoms with Crippen molar-refractivity contribution in [3.05, 3.63) is 47.0 Å². The molecule has 2 atom stereocenters. The van der Waals surface area contributed by atoms with Gasteiger partial charge >= 0.3 is 5.97 Å². The lowest BCUT2D eigenvalue weighted by molar-refractivity contribution is -0.140. The summed E-state index contributed by atoms with van der Waals surface area (Å²) in [5.41, 5.74) is 1.08. The number of carbonyl (C=O) groups excluding carboxylic acids is 1. The predicted octanol–water partition coefficient (Wildman–Crippen LogP) is 3.19. The molecule has 1 aliphatic rings. The van der Waals surface area contributed by atoms with Crippen molar-refractivity contribution in [1.82, 2.24) is 4.90 Å². The largest absolute Gasteiger partial charge is 0.504 e. The Morgan fingerprint density at radius 3 is 2.23 bits per heavy atom. The summed E-state index contributed by atoms with van der Waals surface area (Å²) in [5, 5.41) is 20.3. The van der Waals surface area contributed by atoms with Gasteiger partial charge in [-0.3, -0.25) is 9.59 Å². The Kier molecular flexibility index (Phi) is 6.05. The SMILES string of the molecule is CCOc1cc2c(cc1OCC)[C@H](C(=O)O)[C@H](c1ccc(OC)c(O)c1)N(C)C2=O. The van der Waals surface area contributed by atoms with Gasteiger partial charge in [-0.05, 0) is 49.2 Å². The van der Waals surface area contributed by atoms with Gasteiger partial charge in [0.25, 0.3) is 5.91 Å². The van der Waals surface area contributed by atoms with Gasteiger partial charge < -0.3 is 29.3 Å². The zero-order chi connectivity index (χ0) is 22.0. The van der Waals surface area contributed by atoms with Crippen LogP contribution in [0, 0.1) is 0 Å². The third-order valence-electron chi connectivity index (χ3n) is 5.14. The van der Waals surface area contributed by atoms with Crippen molar-refractivity contribution in [3.63, 3.8) is 0 Å². The lowest BCUT2D eigenvalue weighted by atomic mass is 9.79. The number of likely N-dealkylation sites (N-methyl/N-ethyl adjacent to an activating group) is 1. The molecule has 8 nitrogen and oxygen atoms in total. The van der Waals surface area contributed by atoms with Crippen LogP contribution in [0.15, 0.2) is 30.3 Å². The minimum Gasteiger partial charge on any atom is -0.504 e. The Bertz CT molecular complexity index is 972. The van der Waals surface area contributed by atoms with Crippen LogP contribution >= 0.6 is 0 Å². The topological polar surface area (TPSA) is 106 Å². The number of rotatable bonds is 7. The molecule has 2 aromatic rings. The van der Waals surface area contributed by atoms with E-state index in [4.69, 9.17) is 14.2 Å². The first-order valence-electron chi connectivity index (χ1n) is 9.64. The van der Waals surface area contributed by atoms with E-state index in [0.717, 1.165) is 0 Å². The second-order valence-corrected chi connectivity index (χ2v) is 6.86. The molecular weight excluding hydrogens is 390 g/mol. The lowest BCUT2D eigenvalue weighted by Gasteiger charge is -2.39. The zero-order valence-electron chi connectivity index (χ0n) is 17.3. The van der Waals surface area contributed by atoms with Crippen LogP contribution in [0.5, 0.6) is 23.0 Å². The van der Waals surface area contributed by atoms with Crippen molar-refractivity contribution in [2.75, 3.05) is 27.4 Å². The van der Waals surface area contributed by atoms with Gasteiger partial charge in [0.2, 0.25) is 0 Å². The number of ether oxygens (including phenoxy) is 3. The first-order valence-corrected chi connectivity index (χ1v) is 9.64. The molecule has 2 aromatic carbocycles. The monoisotopic (exact) mass is 415 g/mol. The van der Waals surface area contributed by atoms with Gasteiger partial charge in [-0.25, -0.2) is 0 Å². The van der Waals surface area contributed by atoms with Gasteiger partial charge in [-0.1, -0.05) is 6.07 Å². The number of amides is 1. The number of hydrogen-bond acceptors (Lipinski definition) is 6. The molecular formula is C22H25NO7. The Morgan fingerprint density at radius 2 is 1.70 bits per heavy atom. The molecule has 1 aliphatic heterocycles. The summed E-state index contributed by atoms with van der Waals surface area (Å²) in [6.45, 7) is 4.36. The van der Waals surface area contributed by atoms with E-state index in [1.165, 1.54) is 18.1 Å². The van der Waals surface area contributed by atoms with E-state index in [-0.39, 0.29) is 23.0 Å². The first kappa shape index (κ1) is 21.3.